The van der Waals surface area contributed by atoms with Crippen molar-refractivity contribution in [2.45, 2.75) is 38.1 Å². The zero-order valence-electron chi connectivity index (χ0n) is 16.8. The molecule has 1 N–H and O–H groups in total. The van der Waals surface area contributed by atoms with Crippen LogP contribution >= 0.6 is 0 Å². The molecule has 31 heavy (non-hydrogen) atoms. The van der Waals surface area contributed by atoms with Crippen molar-refractivity contribution in [2.24, 2.45) is 5.11 Å². The average molecular weight is 423 g/mol. The molecule has 0 aromatic heterocycles. The van der Waals surface area contributed by atoms with Gasteiger partial charge in [0.25, 0.3) is 11.8 Å². The van der Waals surface area contributed by atoms with Gasteiger partial charge in [0.05, 0.1) is 11.1 Å². The van der Waals surface area contributed by atoms with Gasteiger partial charge in [-0.15, -0.1) is 0 Å². The van der Waals surface area contributed by atoms with E-state index in [-0.39, 0.29) is 30.6 Å². The third-order valence-electron chi connectivity index (χ3n) is 4.98. The van der Waals surface area contributed by atoms with Gasteiger partial charge in [-0.3, -0.25) is 29.4 Å². The first-order valence-corrected chi connectivity index (χ1v) is 9.96. The lowest BCUT2D eigenvalue weighted by Gasteiger charge is -2.27. The zero-order valence-corrected chi connectivity index (χ0v) is 16.8. The number of hydrogen-bond donors (Lipinski definition) is 1. The number of imide groups is 2. The Morgan fingerprint density at radius 2 is 2.03 bits per heavy atom. The molecule has 1 aromatic carbocycles. The van der Waals surface area contributed by atoms with Crippen molar-refractivity contribution in [1.82, 2.24) is 10.2 Å². The van der Waals surface area contributed by atoms with E-state index in [1.807, 2.05) is 0 Å². The summed E-state index contributed by atoms with van der Waals surface area (Å²) in [4.78, 5) is 52.8. The highest BCUT2D eigenvalue weighted by Crippen LogP contribution is 2.29. The smallest absolute Gasteiger partial charge is 0.263 e. The number of ether oxygens (including phenoxy) is 1. The zero-order chi connectivity index (χ0) is 22.2. The van der Waals surface area contributed by atoms with E-state index >= 15 is 0 Å². The molecule has 10 nitrogen and oxygen atoms in total. The van der Waals surface area contributed by atoms with Crippen molar-refractivity contribution in [2.75, 3.05) is 19.8 Å². The van der Waals surface area contributed by atoms with Gasteiger partial charge in [0.2, 0.25) is 11.8 Å². The molecule has 1 unspecified atom stereocenters. The van der Waals surface area contributed by atoms with Crippen molar-refractivity contribution in [1.29, 1.82) is 0 Å². The second-order valence-electron chi connectivity index (χ2n) is 7.04. The summed E-state index contributed by atoms with van der Waals surface area (Å²) in [5.41, 5.74) is 8.96. The highest BCUT2D eigenvalue weighted by atomic mass is 16.5. The molecule has 160 valence electrons. The van der Waals surface area contributed by atoms with Crippen LogP contribution in [0.2, 0.25) is 0 Å². The molecule has 0 saturated carbocycles. The molecule has 1 fully saturated rings. The molecule has 0 aliphatic carbocycles. The minimum absolute atomic E-state index is 0.0688. The molecule has 2 heterocycles. The van der Waals surface area contributed by atoms with Gasteiger partial charge in [-0.05, 0) is 36.9 Å². The first kappa shape index (κ1) is 22.0. The third-order valence-corrected chi connectivity index (χ3v) is 4.98. The van der Waals surface area contributed by atoms with Crippen LogP contribution in [0.25, 0.3) is 10.4 Å². The molecule has 3 rings (SSSR count). The van der Waals surface area contributed by atoms with Crippen LogP contribution in [-0.2, 0) is 14.3 Å². The molecule has 0 radical (unpaired) electrons. The van der Waals surface area contributed by atoms with Crippen LogP contribution in [0.3, 0.4) is 0 Å². The first-order chi connectivity index (χ1) is 15.0. The average Bonchev–Trinajstić information content (AvgIpc) is 3.01. The largest absolute Gasteiger partial charge is 0.369 e. The summed E-state index contributed by atoms with van der Waals surface area (Å²) in [5.74, 6) is 3.51. The molecule has 2 aliphatic rings. The van der Waals surface area contributed by atoms with E-state index < -0.39 is 29.7 Å². The Bertz CT molecular complexity index is 1020. The van der Waals surface area contributed by atoms with Crippen molar-refractivity contribution in [3.63, 3.8) is 0 Å². The van der Waals surface area contributed by atoms with Gasteiger partial charge in [-0.25, -0.2) is 0 Å². The molecule has 1 atom stereocenters. The van der Waals surface area contributed by atoms with Crippen LogP contribution < -0.4 is 5.32 Å². The normalized spacial score (nSPS) is 17.5. The van der Waals surface area contributed by atoms with Crippen LogP contribution in [-0.4, -0.2) is 54.3 Å². The standard InChI is InChI=1S/C21H21N5O5/c22-25-23-11-2-1-3-12-31-13-5-7-14-6-4-8-15-18(14)21(30)26(20(15)29)16-9-10-17(27)24-19(16)28/h4,6,8,16H,1-3,9-13H2,(H,24,27,28). The number of hydrogen-bond acceptors (Lipinski definition) is 6. The van der Waals surface area contributed by atoms with Crippen molar-refractivity contribution in [3.05, 3.63) is 45.3 Å². The summed E-state index contributed by atoms with van der Waals surface area (Å²) < 4.78 is 5.45. The number of nitrogens with zero attached hydrogens (tertiary/aromatic N) is 4. The Labute approximate surface area is 178 Å². The van der Waals surface area contributed by atoms with E-state index in [0.29, 0.717) is 18.7 Å². The predicted octanol–water partition coefficient (Wildman–Crippen LogP) is 1.94. The lowest BCUT2D eigenvalue weighted by atomic mass is 10.0. The Balaban J connectivity index is 1.61. The number of carbonyl (C=O) groups is 4. The number of unbranched alkanes of at least 4 members (excludes halogenated alkanes) is 2. The van der Waals surface area contributed by atoms with Gasteiger partial charge in [-0.1, -0.05) is 29.4 Å². The van der Waals surface area contributed by atoms with Gasteiger partial charge in [0.15, 0.2) is 0 Å². The Morgan fingerprint density at radius 1 is 1.19 bits per heavy atom. The maximum atomic E-state index is 12.9. The molecular weight excluding hydrogens is 402 g/mol. The fourth-order valence-corrected chi connectivity index (χ4v) is 3.48. The molecule has 4 amide bonds. The maximum Gasteiger partial charge on any atom is 0.263 e. The van der Waals surface area contributed by atoms with Gasteiger partial charge in [0.1, 0.15) is 12.6 Å². The van der Waals surface area contributed by atoms with E-state index in [9.17, 15) is 19.2 Å². The Morgan fingerprint density at radius 3 is 2.81 bits per heavy atom. The fraction of sp³-hybridized carbons (Fsp3) is 0.429. The molecule has 2 aliphatic heterocycles. The predicted molar refractivity (Wildman–Crippen MR) is 109 cm³/mol. The summed E-state index contributed by atoms with van der Waals surface area (Å²) in [6.45, 7) is 1.15. The molecule has 1 aromatic rings. The van der Waals surface area contributed by atoms with E-state index in [2.05, 4.69) is 27.2 Å². The van der Waals surface area contributed by atoms with Crippen LogP contribution in [0, 0.1) is 11.8 Å². The minimum Gasteiger partial charge on any atom is -0.369 e. The monoisotopic (exact) mass is 423 g/mol. The van der Waals surface area contributed by atoms with Gasteiger partial charge < -0.3 is 4.74 Å². The molecular formula is C21H21N5O5. The quantitative estimate of drug-likeness (QED) is 0.170. The van der Waals surface area contributed by atoms with Gasteiger partial charge in [0, 0.05) is 30.0 Å². The number of fused-ring (bicyclic) bond motifs is 1. The summed E-state index contributed by atoms with van der Waals surface area (Å²) in [6, 6.07) is 3.79. The molecule has 0 bridgehead atoms. The highest BCUT2D eigenvalue weighted by Gasteiger charge is 2.45. The van der Waals surface area contributed by atoms with E-state index in [4.69, 9.17) is 10.3 Å². The third kappa shape index (κ3) is 5.09. The summed E-state index contributed by atoms with van der Waals surface area (Å²) >= 11 is 0. The second-order valence-corrected chi connectivity index (χ2v) is 7.04. The van der Waals surface area contributed by atoms with Crippen LogP contribution in [0.5, 0.6) is 0 Å². The summed E-state index contributed by atoms with van der Waals surface area (Å²) in [5, 5.41) is 5.63. The summed E-state index contributed by atoms with van der Waals surface area (Å²) in [6.07, 6.45) is 2.67. The summed E-state index contributed by atoms with van der Waals surface area (Å²) in [7, 11) is 0. The van der Waals surface area contributed by atoms with Gasteiger partial charge >= 0.3 is 0 Å². The van der Waals surface area contributed by atoms with Crippen molar-refractivity contribution < 1.29 is 23.9 Å². The van der Waals surface area contributed by atoms with Crippen molar-refractivity contribution >= 4 is 23.6 Å². The highest BCUT2D eigenvalue weighted by molar-refractivity contribution is 6.24. The van der Waals surface area contributed by atoms with Gasteiger partial charge in [-0.2, -0.15) is 0 Å². The number of benzene rings is 1. The van der Waals surface area contributed by atoms with Crippen LogP contribution in [0.1, 0.15) is 58.4 Å². The molecule has 10 heteroatoms. The number of rotatable bonds is 8. The lowest BCUT2D eigenvalue weighted by Crippen LogP contribution is -2.54. The van der Waals surface area contributed by atoms with Crippen LogP contribution in [0.15, 0.2) is 23.3 Å². The van der Waals surface area contributed by atoms with Crippen LogP contribution in [0.4, 0.5) is 0 Å². The van der Waals surface area contributed by atoms with E-state index in [0.717, 1.165) is 24.2 Å². The van der Waals surface area contributed by atoms with E-state index in [1.165, 1.54) is 6.07 Å². The maximum absolute atomic E-state index is 12.9. The Hall–Kier alpha value is -3.67. The number of amides is 4. The number of carbonyl (C=O) groups excluding carboxylic acids is 4. The minimum atomic E-state index is -1.01. The SMILES string of the molecule is [N-]=[N+]=NCCCCCOCC#Cc1cccc2c1C(=O)N(C1CCC(=O)NC1=O)C2=O. The topological polar surface area (TPSA) is 142 Å². The Kier molecular flexibility index (Phi) is 7.38. The van der Waals surface area contributed by atoms with E-state index in [1.54, 1.807) is 12.1 Å². The molecule has 1 saturated heterocycles. The number of azide groups is 1. The first-order valence-electron chi connectivity index (χ1n) is 9.96. The number of piperidine rings is 1. The second kappa shape index (κ2) is 10.4. The number of nitrogens with one attached hydrogen (secondary N) is 1. The fourth-order valence-electron chi connectivity index (χ4n) is 3.48. The lowest BCUT2D eigenvalue weighted by molar-refractivity contribution is -0.136. The van der Waals surface area contributed by atoms with Crippen molar-refractivity contribution in [3.8, 4) is 11.8 Å². The molecule has 0 spiro atoms.